The number of aryl methyl sites for hydroxylation is 1. The fourth-order valence-corrected chi connectivity index (χ4v) is 2.09. The molecule has 0 unspecified atom stereocenters. The second-order valence-corrected chi connectivity index (χ2v) is 6.43. The number of hydrogen-bond donors (Lipinski definition) is 1. The highest BCUT2D eigenvalue weighted by Gasteiger charge is 2.15. The van der Waals surface area contributed by atoms with Gasteiger partial charge in [-0.05, 0) is 39.7 Å². The minimum atomic E-state index is 0.0435. The number of rotatable bonds is 1. The molecule has 0 aliphatic heterocycles. The largest absolute Gasteiger partial charge is 0.272 e. The van der Waals surface area contributed by atoms with Crippen LogP contribution in [0.3, 0.4) is 0 Å². The zero-order valence-corrected chi connectivity index (χ0v) is 12.5. The number of thiazole rings is 1. The van der Waals surface area contributed by atoms with Crippen molar-refractivity contribution in [3.63, 3.8) is 0 Å². The number of pyridine rings is 1. The molecule has 98 valence electrons. The Hall–Kier alpha value is -1.86. The van der Waals surface area contributed by atoms with Gasteiger partial charge < -0.3 is 0 Å². The van der Waals surface area contributed by atoms with Crippen LogP contribution in [-0.2, 0) is 0 Å². The molecule has 0 amide bonds. The minimum Gasteiger partial charge on any atom is -0.270 e. The summed E-state index contributed by atoms with van der Waals surface area (Å²) in [5.41, 5.74) is 1.83. The first-order valence-electron chi connectivity index (χ1n) is 6.16. The highest BCUT2D eigenvalue weighted by atomic mass is 32.1. The van der Waals surface area contributed by atoms with Crippen molar-refractivity contribution >= 4 is 17.2 Å². The second kappa shape index (κ2) is 5.41. The fourth-order valence-electron chi connectivity index (χ4n) is 1.54. The Morgan fingerprint density at radius 2 is 2.05 bits per heavy atom. The summed E-state index contributed by atoms with van der Waals surface area (Å²) in [6.07, 6.45) is 1.90. The van der Waals surface area contributed by atoms with Crippen LogP contribution in [0.25, 0.3) is 0 Å². The van der Waals surface area contributed by atoms with Crippen molar-refractivity contribution in [2.45, 2.75) is 33.2 Å². The van der Waals surface area contributed by atoms with Crippen LogP contribution in [0.15, 0.2) is 23.7 Å². The van der Waals surface area contributed by atoms with Gasteiger partial charge in [-0.2, -0.15) is 0 Å². The van der Waals surface area contributed by atoms with Crippen LogP contribution in [0.2, 0.25) is 0 Å². The number of nitrogens with one attached hydrogen (secondary N) is 2. The monoisotopic (exact) mass is 272 g/mol. The first-order chi connectivity index (χ1) is 8.92. The Morgan fingerprint density at radius 1 is 1.26 bits per heavy atom. The topological polar surface area (TPSA) is 39.1 Å². The van der Waals surface area contributed by atoms with E-state index in [0.717, 1.165) is 22.1 Å². The van der Waals surface area contributed by atoms with Crippen LogP contribution in [-0.4, -0.2) is 10.5 Å². The molecular formula is C15H18N3S+. The maximum absolute atomic E-state index is 4.31. The first-order valence-corrected chi connectivity index (χ1v) is 7.04. The summed E-state index contributed by atoms with van der Waals surface area (Å²) in [6.45, 7) is 8.36. The van der Waals surface area contributed by atoms with Gasteiger partial charge >= 0.3 is 0 Å². The van der Waals surface area contributed by atoms with E-state index in [0.29, 0.717) is 0 Å². The van der Waals surface area contributed by atoms with E-state index in [1.807, 2.05) is 30.6 Å². The Bertz CT molecular complexity index is 609. The molecular weight excluding hydrogens is 254 g/mol. The molecule has 19 heavy (non-hydrogen) atoms. The average Bonchev–Trinajstić information content (AvgIpc) is 2.72. The third kappa shape index (κ3) is 4.38. The van der Waals surface area contributed by atoms with Gasteiger partial charge in [0, 0.05) is 11.4 Å². The van der Waals surface area contributed by atoms with Crippen LogP contribution < -0.4 is 10.3 Å². The van der Waals surface area contributed by atoms with Gasteiger partial charge in [-0.1, -0.05) is 5.92 Å². The Labute approximate surface area is 118 Å². The Balaban J connectivity index is 2.09. The molecule has 0 aliphatic rings. The maximum Gasteiger partial charge on any atom is 0.272 e. The molecule has 3 nitrogen and oxygen atoms in total. The highest BCUT2D eigenvalue weighted by molar-refractivity contribution is 7.09. The molecule has 0 saturated heterocycles. The van der Waals surface area contributed by atoms with Crippen LogP contribution in [0, 0.1) is 18.8 Å². The van der Waals surface area contributed by atoms with Crippen molar-refractivity contribution in [2.75, 3.05) is 5.32 Å². The number of hydrogen-bond acceptors (Lipinski definition) is 3. The molecule has 0 aromatic carbocycles. The van der Waals surface area contributed by atoms with Crippen LogP contribution in [0.5, 0.6) is 0 Å². The molecule has 2 aromatic heterocycles. The Morgan fingerprint density at radius 3 is 2.58 bits per heavy atom. The van der Waals surface area contributed by atoms with Gasteiger partial charge in [0.05, 0.1) is 16.1 Å². The van der Waals surface area contributed by atoms with Crippen molar-refractivity contribution in [1.82, 2.24) is 4.98 Å². The van der Waals surface area contributed by atoms with Crippen LogP contribution in [0.4, 0.5) is 5.82 Å². The standard InChI is InChI=1S/C15H17N3S/c1-11-17-13(10-19-11)7-5-12-6-8-14(16-9-12)18-15(2,3)4/h6,8-10H,1-4H3,(H,16,18)/p+1. The highest BCUT2D eigenvalue weighted by Crippen LogP contribution is 2.09. The van der Waals surface area contributed by atoms with E-state index in [2.05, 4.69) is 47.9 Å². The van der Waals surface area contributed by atoms with Crippen molar-refractivity contribution in [1.29, 1.82) is 0 Å². The number of H-pyrrole nitrogens is 1. The third-order valence-electron chi connectivity index (χ3n) is 2.28. The van der Waals surface area contributed by atoms with E-state index in [4.69, 9.17) is 0 Å². The average molecular weight is 272 g/mol. The molecule has 0 saturated carbocycles. The summed E-state index contributed by atoms with van der Waals surface area (Å²) < 4.78 is 0. The SMILES string of the molecule is Cc1nc(C#Cc2ccc(NC(C)(C)C)[nH+]c2)cs1. The Kier molecular flexibility index (Phi) is 3.87. The van der Waals surface area contributed by atoms with Crippen LogP contribution >= 0.6 is 11.3 Å². The first kappa shape index (κ1) is 13.6. The summed E-state index contributed by atoms with van der Waals surface area (Å²) in [5.74, 6) is 7.15. The van der Waals surface area contributed by atoms with Crippen molar-refractivity contribution in [3.8, 4) is 11.8 Å². The van der Waals surface area contributed by atoms with Gasteiger partial charge in [0.15, 0.2) is 0 Å². The van der Waals surface area contributed by atoms with E-state index in [1.165, 1.54) is 0 Å². The lowest BCUT2D eigenvalue weighted by atomic mass is 10.1. The molecule has 2 aromatic rings. The summed E-state index contributed by atoms with van der Waals surface area (Å²) in [4.78, 5) is 7.52. The second-order valence-electron chi connectivity index (χ2n) is 5.37. The van der Waals surface area contributed by atoms with Gasteiger partial charge in [0.25, 0.3) is 5.82 Å². The number of aromatic amines is 1. The molecule has 0 aliphatic carbocycles. The molecule has 0 spiro atoms. The fraction of sp³-hybridized carbons (Fsp3) is 0.333. The molecule has 0 bridgehead atoms. The lowest BCUT2D eigenvalue weighted by Gasteiger charge is -2.14. The van der Waals surface area contributed by atoms with Gasteiger partial charge in [0.2, 0.25) is 0 Å². The minimum absolute atomic E-state index is 0.0435. The number of anilines is 1. The molecule has 2 N–H and O–H groups in total. The third-order valence-corrected chi connectivity index (χ3v) is 3.05. The maximum atomic E-state index is 4.31. The molecule has 0 atom stereocenters. The lowest BCUT2D eigenvalue weighted by Crippen LogP contribution is -2.29. The van der Waals surface area contributed by atoms with E-state index in [9.17, 15) is 0 Å². The van der Waals surface area contributed by atoms with Crippen molar-refractivity contribution in [2.24, 2.45) is 0 Å². The quantitative estimate of drug-likeness (QED) is 0.811. The predicted molar refractivity (Wildman–Crippen MR) is 79.2 cm³/mol. The summed E-state index contributed by atoms with van der Waals surface area (Å²) in [7, 11) is 0. The summed E-state index contributed by atoms with van der Waals surface area (Å²) in [5, 5.41) is 6.39. The smallest absolute Gasteiger partial charge is 0.270 e. The van der Waals surface area contributed by atoms with E-state index in [-0.39, 0.29) is 5.54 Å². The predicted octanol–water partition coefficient (Wildman–Crippen LogP) is 2.88. The zero-order valence-electron chi connectivity index (χ0n) is 11.7. The summed E-state index contributed by atoms with van der Waals surface area (Å²) in [6, 6.07) is 4.00. The molecule has 4 heteroatoms. The van der Waals surface area contributed by atoms with E-state index < -0.39 is 0 Å². The number of nitrogens with zero attached hydrogens (tertiary/aromatic N) is 1. The molecule has 0 radical (unpaired) electrons. The van der Waals surface area contributed by atoms with Crippen LogP contribution in [0.1, 0.15) is 37.0 Å². The summed E-state index contributed by atoms with van der Waals surface area (Å²) >= 11 is 1.62. The van der Waals surface area contributed by atoms with Gasteiger partial charge in [-0.15, -0.1) is 11.3 Å². The lowest BCUT2D eigenvalue weighted by molar-refractivity contribution is -0.361. The zero-order chi connectivity index (χ0) is 13.9. The number of aromatic nitrogens is 2. The molecule has 2 rings (SSSR count). The van der Waals surface area contributed by atoms with Gasteiger partial charge in [-0.3, -0.25) is 5.32 Å². The molecule has 2 heterocycles. The van der Waals surface area contributed by atoms with Gasteiger partial charge in [-0.25, -0.2) is 9.97 Å². The molecule has 0 fully saturated rings. The van der Waals surface area contributed by atoms with Crippen molar-refractivity contribution in [3.05, 3.63) is 40.0 Å². The normalized spacial score (nSPS) is 10.7. The van der Waals surface area contributed by atoms with Gasteiger partial charge in [0.1, 0.15) is 11.9 Å². The van der Waals surface area contributed by atoms with Crippen molar-refractivity contribution < 1.29 is 4.98 Å². The van der Waals surface area contributed by atoms with E-state index in [1.54, 1.807) is 11.3 Å². The van der Waals surface area contributed by atoms with E-state index >= 15 is 0 Å².